The van der Waals surface area contributed by atoms with E-state index in [-0.39, 0.29) is 17.1 Å². The number of ketones is 1. The predicted molar refractivity (Wildman–Crippen MR) is 113 cm³/mol. The van der Waals surface area contributed by atoms with Crippen molar-refractivity contribution in [3.8, 4) is 11.5 Å². The smallest absolute Gasteiger partial charge is 0.295 e. The molecule has 1 heterocycles. The topological polar surface area (TPSA) is 90.3 Å². The van der Waals surface area contributed by atoms with Crippen LogP contribution in [0.1, 0.15) is 23.6 Å². The second-order valence-electron chi connectivity index (χ2n) is 7.48. The molecule has 0 bridgehead atoms. The number of carbonyl (C=O) groups is 2. The Morgan fingerprint density at radius 2 is 1.87 bits per heavy atom. The molecule has 30 heavy (non-hydrogen) atoms. The molecule has 1 aliphatic heterocycles. The third kappa shape index (κ3) is 4.31. The molecule has 2 N–H and O–H groups in total. The quantitative estimate of drug-likeness (QED) is 0.414. The summed E-state index contributed by atoms with van der Waals surface area (Å²) in [5.74, 6) is -1.13. The first-order valence-corrected chi connectivity index (χ1v) is 9.70. The lowest BCUT2D eigenvalue weighted by atomic mass is 9.95. The first-order chi connectivity index (χ1) is 14.3. The number of aliphatic hydroxyl groups excluding tert-OH is 1. The van der Waals surface area contributed by atoms with Crippen LogP contribution in [0.4, 0.5) is 0 Å². The number of Topliss-reactive ketones (excluding diaryl/α,β-unsaturated/α-hetero) is 1. The molecule has 2 aromatic rings. The van der Waals surface area contributed by atoms with Gasteiger partial charge in [-0.05, 0) is 56.9 Å². The molecule has 1 amide bonds. The molecular weight excluding hydrogens is 384 g/mol. The van der Waals surface area contributed by atoms with Crippen LogP contribution in [-0.4, -0.2) is 66.0 Å². The van der Waals surface area contributed by atoms with Gasteiger partial charge in [0.15, 0.2) is 0 Å². The fraction of sp³-hybridized carbons (Fsp3) is 0.304. The number of phenolic OH excluding ortho intramolecular Hbond substituents is 1. The van der Waals surface area contributed by atoms with Gasteiger partial charge in [-0.15, -0.1) is 0 Å². The van der Waals surface area contributed by atoms with E-state index in [1.54, 1.807) is 36.4 Å². The molecule has 0 saturated carbocycles. The Balaban J connectivity index is 2.11. The zero-order chi connectivity index (χ0) is 21.8. The number of carbonyl (C=O) groups excluding carboxylic acids is 2. The summed E-state index contributed by atoms with van der Waals surface area (Å²) in [7, 11) is 5.38. The number of phenols is 1. The number of nitrogens with zero attached hydrogens (tertiary/aromatic N) is 2. The van der Waals surface area contributed by atoms with Crippen molar-refractivity contribution in [2.75, 3.05) is 34.3 Å². The first-order valence-electron chi connectivity index (χ1n) is 9.70. The minimum Gasteiger partial charge on any atom is -0.508 e. The highest BCUT2D eigenvalue weighted by atomic mass is 16.5. The summed E-state index contributed by atoms with van der Waals surface area (Å²) in [6.07, 6.45) is 0.661. The maximum Gasteiger partial charge on any atom is 0.295 e. The Morgan fingerprint density at radius 1 is 1.13 bits per heavy atom. The third-order valence-corrected chi connectivity index (χ3v) is 5.07. The molecule has 7 heteroatoms. The van der Waals surface area contributed by atoms with Crippen molar-refractivity contribution in [1.82, 2.24) is 9.80 Å². The highest BCUT2D eigenvalue weighted by molar-refractivity contribution is 6.46. The van der Waals surface area contributed by atoms with Crippen LogP contribution in [0.15, 0.2) is 54.1 Å². The lowest BCUT2D eigenvalue weighted by Crippen LogP contribution is -2.32. The normalized spacial score (nSPS) is 18.3. The van der Waals surface area contributed by atoms with Crippen molar-refractivity contribution in [2.24, 2.45) is 0 Å². The van der Waals surface area contributed by atoms with E-state index in [0.717, 1.165) is 6.54 Å². The number of ether oxygens (including phenoxy) is 1. The second-order valence-corrected chi connectivity index (χ2v) is 7.48. The molecule has 1 atom stereocenters. The Morgan fingerprint density at radius 3 is 2.53 bits per heavy atom. The molecule has 1 unspecified atom stereocenters. The van der Waals surface area contributed by atoms with Crippen molar-refractivity contribution in [3.63, 3.8) is 0 Å². The van der Waals surface area contributed by atoms with Gasteiger partial charge >= 0.3 is 0 Å². The number of aliphatic hydroxyl groups is 1. The van der Waals surface area contributed by atoms with Crippen LogP contribution in [-0.2, 0) is 9.59 Å². The standard InChI is InChI=1S/C23H26N2O5/c1-24(2)11-6-12-25-20(15-7-4-9-17(26)13-15)19(22(28)23(25)29)21(27)16-8-5-10-18(14-16)30-3/h4-5,7-10,13-14,20,26-27H,6,11-12H2,1-3H3. The highest BCUT2D eigenvalue weighted by Crippen LogP contribution is 2.40. The second kappa shape index (κ2) is 9.00. The number of benzene rings is 2. The number of hydrogen-bond acceptors (Lipinski definition) is 6. The van der Waals surface area contributed by atoms with Crippen LogP contribution in [0.3, 0.4) is 0 Å². The van der Waals surface area contributed by atoms with Crippen molar-refractivity contribution in [1.29, 1.82) is 0 Å². The van der Waals surface area contributed by atoms with Crippen molar-refractivity contribution in [2.45, 2.75) is 12.5 Å². The zero-order valence-corrected chi connectivity index (χ0v) is 17.3. The predicted octanol–water partition coefficient (Wildman–Crippen LogP) is 2.77. The highest BCUT2D eigenvalue weighted by Gasteiger charge is 2.45. The number of amides is 1. The van der Waals surface area contributed by atoms with Crippen LogP contribution in [0.25, 0.3) is 5.76 Å². The molecule has 1 aliphatic rings. The van der Waals surface area contributed by atoms with E-state index in [1.807, 2.05) is 19.0 Å². The van der Waals surface area contributed by atoms with Gasteiger partial charge in [-0.2, -0.15) is 0 Å². The summed E-state index contributed by atoms with van der Waals surface area (Å²) in [4.78, 5) is 29.2. The molecule has 7 nitrogen and oxygen atoms in total. The number of methoxy groups -OCH3 is 1. The summed E-state index contributed by atoms with van der Waals surface area (Å²) in [5, 5.41) is 21.0. The van der Waals surface area contributed by atoms with Gasteiger partial charge in [0, 0.05) is 12.1 Å². The van der Waals surface area contributed by atoms with E-state index in [4.69, 9.17) is 4.74 Å². The van der Waals surface area contributed by atoms with Gasteiger partial charge in [-0.3, -0.25) is 9.59 Å². The van der Waals surface area contributed by atoms with E-state index in [9.17, 15) is 19.8 Å². The minimum absolute atomic E-state index is 0.00343. The Kier molecular flexibility index (Phi) is 6.42. The summed E-state index contributed by atoms with van der Waals surface area (Å²) < 4.78 is 5.21. The summed E-state index contributed by atoms with van der Waals surface area (Å²) in [5.41, 5.74) is 0.943. The molecule has 0 aromatic heterocycles. The van der Waals surface area contributed by atoms with Gasteiger partial charge < -0.3 is 24.7 Å². The average Bonchev–Trinajstić information content (AvgIpc) is 2.98. The van der Waals surface area contributed by atoms with E-state index >= 15 is 0 Å². The van der Waals surface area contributed by atoms with Crippen LogP contribution >= 0.6 is 0 Å². The lowest BCUT2D eigenvalue weighted by molar-refractivity contribution is -0.139. The van der Waals surface area contributed by atoms with E-state index < -0.39 is 17.7 Å². The van der Waals surface area contributed by atoms with Gasteiger partial charge in [-0.25, -0.2) is 0 Å². The molecule has 1 fully saturated rings. The molecule has 158 valence electrons. The Labute approximate surface area is 175 Å². The fourth-order valence-electron chi connectivity index (χ4n) is 3.64. The third-order valence-electron chi connectivity index (χ3n) is 5.07. The molecule has 0 aliphatic carbocycles. The lowest BCUT2D eigenvalue weighted by Gasteiger charge is -2.26. The van der Waals surface area contributed by atoms with Crippen LogP contribution in [0, 0.1) is 0 Å². The van der Waals surface area contributed by atoms with E-state index in [2.05, 4.69) is 0 Å². The maximum atomic E-state index is 12.9. The average molecular weight is 410 g/mol. The largest absolute Gasteiger partial charge is 0.508 e. The minimum atomic E-state index is -0.787. The van der Waals surface area contributed by atoms with Gasteiger partial charge in [-0.1, -0.05) is 24.3 Å². The molecule has 0 spiro atoms. The van der Waals surface area contributed by atoms with Crippen molar-refractivity contribution >= 4 is 17.4 Å². The van der Waals surface area contributed by atoms with Crippen molar-refractivity contribution in [3.05, 3.63) is 65.2 Å². The molecular formula is C23H26N2O5. The molecule has 0 radical (unpaired) electrons. The number of rotatable bonds is 7. The summed E-state index contributed by atoms with van der Waals surface area (Å²) >= 11 is 0. The van der Waals surface area contributed by atoms with Crippen LogP contribution < -0.4 is 4.74 Å². The Hall–Kier alpha value is -3.32. The van der Waals surface area contributed by atoms with Gasteiger partial charge in [0.25, 0.3) is 11.7 Å². The van der Waals surface area contributed by atoms with E-state index in [0.29, 0.717) is 29.8 Å². The summed E-state index contributed by atoms with van der Waals surface area (Å²) in [6.45, 7) is 1.09. The first kappa shape index (κ1) is 21.4. The van der Waals surface area contributed by atoms with Gasteiger partial charge in [0.2, 0.25) is 0 Å². The van der Waals surface area contributed by atoms with Crippen molar-refractivity contribution < 1.29 is 24.5 Å². The molecule has 3 rings (SSSR count). The number of hydrogen-bond donors (Lipinski definition) is 2. The summed E-state index contributed by atoms with van der Waals surface area (Å²) in [6, 6.07) is 12.3. The van der Waals surface area contributed by atoms with Gasteiger partial charge in [0.05, 0.1) is 18.7 Å². The van der Waals surface area contributed by atoms with Crippen LogP contribution in [0.5, 0.6) is 11.5 Å². The maximum absolute atomic E-state index is 12.9. The fourth-order valence-corrected chi connectivity index (χ4v) is 3.64. The number of likely N-dealkylation sites (tertiary alicyclic amines) is 1. The molecule has 2 aromatic carbocycles. The van der Waals surface area contributed by atoms with E-state index in [1.165, 1.54) is 24.1 Å². The van der Waals surface area contributed by atoms with Gasteiger partial charge in [0.1, 0.15) is 17.3 Å². The zero-order valence-electron chi connectivity index (χ0n) is 17.3. The van der Waals surface area contributed by atoms with Crippen LogP contribution in [0.2, 0.25) is 0 Å². The number of aromatic hydroxyl groups is 1. The Bertz CT molecular complexity index is 983. The molecule has 1 saturated heterocycles. The SMILES string of the molecule is COc1cccc(C(O)=C2C(=O)C(=O)N(CCCN(C)C)C2c2cccc(O)c2)c1. The monoisotopic (exact) mass is 410 g/mol.